The number of ketones is 1. The Balaban J connectivity index is 1.91. The van der Waals surface area contributed by atoms with Gasteiger partial charge in [0.1, 0.15) is 17.0 Å². The smallest absolute Gasteiger partial charge is 0.301 e. The molecule has 1 atom stereocenters. The van der Waals surface area contributed by atoms with Crippen molar-refractivity contribution in [1.82, 2.24) is 10.2 Å². The molecule has 0 saturated carbocycles. The number of aliphatic hydroxyl groups is 1. The summed E-state index contributed by atoms with van der Waals surface area (Å²) in [7, 11) is 1.56. The van der Waals surface area contributed by atoms with Gasteiger partial charge in [-0.15, -0.1) is 10.2 Å². The van der Waals surface area contributed by atoms with Gasteiger partial charge in [-0.25, -0.2) is 0 Å². The molecule has 7 nitrogen and oxygen atoms in total. The summed E-state index contributed by atoms with van der Waals surface area (Å²) in [5.41, 5.74) is 3.62. The average Bonchev–Trinajstić information content (AvgIpc) is 3.35. The average molecular weight is 407 g/mol. The Morgan fingerprint density at radius 2 is 1.79 bits per heavy atom. The maximum absolute atomic E-state index is 12.9. The molecule has 8 heteroatoms. The number of aliphatic hydroxyl groups excluding tert-OH is 1. The van der Waals surface area contributed by atoms with E-state index in [0.29, 0.717) is 16.9 Å². The Hall–Kier alpha value is -3.52. The quantitative estimate of drug-likeness (QED) is 0.404. The van der Waals surface area contributed by atoms with E-state index < -0.39 is 17.7 Å². The second kappa shape index (κ2) is 7.48. The van der Waals surface area contributed by atoms with Crippen LogP contribution in [-0.2, 0) is 9.59 Å². The largest absolute Gasteiger partial charge is 0.507 e. The molecule has 3 aromatic rings. The minimum atomic E-state index is -0.824. The number of hydrogen-bond donors (Lipinski definition) is 1. The van der Waals surface area contributed by atoms with Gasteiger partial charge in [-0.2, -0.15) is 0 Å². The number of carbonyl (C=O) groups excluding carboxylic acids is 2. The first-order valence-electron chi connectivity index (χ1n) is 8.79. The van der Waals surface area contributed by atoms with E-state index in [9.17, 15) is 14.7 Å². The maximum atomic E-state index is 12.9. The number of aryl methyl sites for hydroxylation is 1. The molecule has 4 rings (SSSR count). The van der Waals surface area contributed by atoms with Crippen molar-refractivity contribution in [2.45, 2.75) is 13.0 Å². The predicted molar refractivity (Wildman–Crippen MR) is 109 cm³/mol. The van der Waals surface area contributed by atoms with E-state index in [1.807, 2.05) is 19.1 Å². The molecule has 1 saturated heterocycles. The van der Waals surface area contributed by atoms with Gasteiger partial charge in [-0.05, 0) is 24.6 Å². The van der Waals surface area contributed by atoms with Gasteiger partial charge in [-0.3, -0.25) is 14.5 Å². The van der Waals surface area contributed by atoms with Gasteiger partial charge in [-0.1, -0.05) is 53.3 Å². The fourth-order valence-electron chi connectivity index (χ4n) is 3.27. The number of carbonyl (C=O) groups is 2. The van der Waals surface area contributed by atoms with Crippen molar-refractivity contribution in [3.8, 4) is 5.75 Å². The van der Waals surface area contributed by atoms with Crippen molar-refractivity contribution in [3.63, 3.8) is 0 Å². The van der Waals surface area contributed by atoms with Crippen LogP contribution in [-0.4, -0.2) is 34.1 Å². The topological polar surface area (TPSA) is 92.6 Å². The summed E-state index contributed by atoms with van der Waals surface area (Å²) in [6.07, 6.45) is 0. The van der Waals surface area contributed by atoms with Crippen LogP contribution in [0.25, 0.3) is 5.76 Å². The third kappa shape index (κ3) is 3.27. The molecule has 2 aromatic carbocycles. The van der Waals surface area contributed by atoms with Crippen molar-refractivity contribution in [1.29, 1.82) is 0 Å². The van der Waals surface area contributed by atoms with E-state index >= 15 is 0 Å². The monoisotopic (exact) mass is 407 g/mol. The second-order valence-electron chi connectivity index (χ2n) is 6.53. The normalized spacial score (nSPS) is 18.3. The van der Waals surface area contributed by atoms with Gasteiger partial charge >= 0.3 is 5.91 Å². The highest BCUT2D eigenvalue weighted by Gasteiger charge is 2.48. The van der Waals surface area contributed by atoms with E-state index in [1.54, 1.807) is 43.5 Å². The minimum absolute atomic E-state index is 0.0132. The summed E-state index contributed by atoms with van der Waals surface area (Å²) in [6, 6.07) is 13.3. The van der Waals surface area contributed by atoms with Crippen LogP contribution >= 0.6 is 11.3 Å². The standard InChI is InChI=1S/C21H17N3O4S/c1-12-3-5-14(6-4-12)18(25)16-17(13-7-9-15(28-2)10-8-13)24(20(27)19(16)26)21-23-22-11-29-21/h3-11,17,25H,1-2H3/b18-16+. The SMILES string of the molecule is COc1ccc(C2/C(=C(\O)c3ccc(C)cc3)C(=O)C(=O)N2c2nncs2)cc1. The Kier molecular flexibility index (Phi) is 4.85. The summed E-state index contributed by atoms with van der Waals surface area (Å²) in [6.45, 7) is 1.93. The van der Waals surface area contributed by atoms with Crippen LogP contribution in [0.2, 0.25) is 0 Å². The molecule has 2 heterocycles. The maximum Gasteiger partial charge on any atom is 0.301 e. The van der Waals surface area contributed by atoms with Gasteiger partial charge in [0.15, 0.2) is 0 Å². The Bertz CT molecular complexity index is 1090. The fourth-order valence-corrected chi connectivity index (χ4v) is 3.86. The number of amides is 1. The van der Waals surface area contributed by atoms with Crippen LogP contribution < -0.4 is 9.64 Å². The summed E-state index contributed by atoms with van der Waals surface area (Å²) in [5.74, 6) is -1.10. The van der Waals surface area contributed by atoms with Gasteiger partial charge in [0, 0.05) is 5.56 Å². The lowest BCUT2D eigenvalue weighted by molar-refractivity contribution is -0.132. The fraction of sp³-hybridized carbons (Fsp3) is 0.143. The van der Waals surface area contributed by atoms with Crippen molar-refractivity contribution < 1.29 is 19.4 Å². The zero-order valence-corrected chi connectivity index (χ0v) is 16.5. The van der Waals surface area contributed by atoms with Gasteiger partial charge < -0.3 is 9.84 Å². The molecule has 146 valence electrons. The van der Waals surface area contributed by atoms with Crippen molar-refractivity contribution in [2.24, 2.45) is 0 Å². The summed E-state index contributed by atoms with van der Waals surface area (Å²) in [5, 5.41) is 19.0. The molecule has 29 heavy (non-hydrogen) atoms. The molecule has 0 spiro atoms. The Morgan fingerprint density at radius 1 is 1.10 bits per heavy atom. The van der Waals surface area contributed by atoms with Crippen LogP contribution in [0.5, 0.6) is 5.75 Å². The summed E-state index contributed by atoms with van der Waals surface area (Å²) in [4.78, 5) is 27.1. The second-order valence-corrected chi connectivity index (χ2v) is 7.34. The lowest BCUT2D eigenvalue weighted by Gasteiger charge is -2.22. The summed E-state index contributed by atoms with van der Waals surface area (Å²) >= 11 is 1.15. The number of anilines is 1. The number of nitrogens with zero attached hydrogens (tertiary/aromatic N) is 3. The lowest BCUT2D eigenvalue weighted by Crippen LogP contribution is -2.29. The van der Waals surface area contributed by atoms with E-state index in [1.165, 1.54) is 10.4 Å². The van der Waals surface area contributed by atoms with E-state index in [2.05, 4.69) is 10.2 Å². The molecule has 1 amide bonds. The lowest BCUT2D eigenvalue weighted by atomic mass is 9.95. The van der Waals surface area contributed by atoms with Gasteiger partial charge in [0.25, 0.3) is 5.78 Å². The zero-order valence-electron chi connectivity index (χ0n) is 15.7. The number of Topliss-reactive ketones (excluding diaryl/α,β-unsaturated/α-hetero) is 1. The highest BCUT2D eigenvalue weighted by atomic mass is 32.1. The first-order chi connectivity index (χ1) is 14.0. The van der Waals surface area contributed by atoms with Crippen LogP contribution in [0.1, 0.15) is 22.7 Å². The number of ether oxygens (including phenoxy) is 1. The third-order valence-electron chi connectivity index (χ3n) is 4.76. The molecule has 0 bridgehead atoms. The molecule has 1 aromatic heterocycles. The number of aromatic nitrogens is 2. The van der Waals surface area contributed by atoms with Crippen molar-refractivity contribution in [2.75, 3.05) is 12.0 Å². The molecule has 0 aliphatic carbocycles. The number of methoxy groups -OCH3 is 1. The highest BCUT2D eigenvalue weighted by Crippen LogP contribution is 2.42. The van der Waals surface area contributed by atoms with Gasteiger partial charge in [0.2, 0.25) is 5.13 Å². The zero-order chi connectivity index (χ0) is 20.5. The number of rotatable bonds is 4. The molecular formula is C21H17N3O4S. The number of hydrogen-bond acceptors (Lipinski definition) is 7. The van der Waals surface area contributed by atoms with E-state index in [4.69, 9.17) is 4.74 Å². The Labute approximate surface area is 170 Å². The summed E-state index contributed by atoms with van der Waals surface area (Å²) < 4.78 is 5.20. The molecule has 0 radical (unpaired) electrons. The molecule has 1 fully saturated rings. The van der Waals surface area contributed by atoms with Crippen LogP contribution in [0.15, 0.2) is 59.6 Å². The first kappa shape index (κ1) is 18.8. The number of benzene rings is 2. The molecule has 1 aliphatic heterocycles. The minimum Gasteiger partial charge on any atom is -0.507 e. The van der Waals surface area contributed by atoms with E-state index in [-0.39, 0.29) is 16.5 Å². The van der Waals surface area contributed by atoms with Crippen LogP contribution in [0.3, 0.4) is 0 Å². The first-order valence-corrected chi connectivity index (χ1v) is 9.67. The van der Waals surface area contributed by atoms with Crippen LogP contribution in [0.4, 0.5) is 5.13 Å². The third-order valence-corrected chi connectivity index (χ3v) is 5.44. The van der Waals surface area contributed by atoms with Gasteiger partial charge in [0.05, 0.1) is 18.7 Å². The molecule has 1 aliphatic rings. The van der Waals surface area contributed by atoms with Crippen molar-refractivity contribution in [3.05, 3.63) is 76.3 Å². The predicted octanol–water partition coefficient (Wildman–Crippen LogP) is 3.48. The van der Waals surface area contributed by atoms with E-state index in [0.717, 1.165) is 16.9 Å². The van der Waals surface area contributed by atoms with Crippen LogP contribution in [0, 0.1) is 6.92 Å². The molecular weight excluding hydrogens is 390 g/mol. The Morgan fingerprint density at radius 3 is 2.38 bits per heavy atom. The molecule has 1 unspecified atom stereocenters. The van der Waals surface area contributed by atoms with Crippen molar-refractivity contribution >= 4 is 33.9 Å². The molecule has 1 N–H and O–H groups in total. The highest BCUT2D eigenvalue weighted by molar-refractivity contribution is 7.13.